The van der Waals surface area contributed by atoms with Crippen LogP contribution in [0.1, 0.15) is 41.4 Å². The van der Waals surface area contributed by atoms with Crippen LogP contribution in [-0.2, 0) is 6.42 Å². The maximum Gasteiger partial charge on any atom is 0.320 e. The van der Waals surface area contributed by atoms with Gasteiger partial charge in [0.1, 0.15) is 5.82 Å². The summed E-state index contributed by atoms with van der Waals surface area (Å²) in [5.41, 5.74) is 5.82. The third-order valence-corrected chi connectivity index (χ3v) is 5.59. The van der Waals surface area contributed by atoms with Gasteiger partial charge in [-0.2, -0.15) is 0 Å². The van der Waals surface area contributed by atoms with Gasteiger partial charge in [0, 0.05) is 34.6 Å². The average molecular weight is 411 g/mol. The minimum atomic E-state index is -0.337. The molecule has 6 nitrogen and oxygen atoms in total. The molecule has 7 heteroatoms. The molecule has 1 saturated carbocycles. The van der Waals surface area contributed by atoms with Crippen molar-refractivity contribution in [2.75, 3.05) is 5.32 Å². The Morgan fingerprint density at radius 1 is 1.03 bits per heavy atom. The Balaban J connectivity index is 1.29. The van der Waals surface area contributed by atoms with Crippen LogP contribution in [0.2, 0.25) is 0 Å². The van der Waals surface area contributed by atoms with Gasteiger partial charge in [-0.1, -0.05) is 23.3 Å². The predicted molar refractivity (Wildman–Crippen MR) is 114 cm³/mol. The number of benzene rings is 2. The second kappa shape index (κ2) is 7.12. The van der Waals surface area contributed by atoms with Gasteiger partial charge in [-0.05, 0) is 66.8 Å². The smallest absolute Gasteiger partial charge is 0.320 e. The fourth-order valence-corrected chi connectivity index (χ4v) is 3.86. The number of anilines is 2. The van der Waals surface area contributed by atoms with Gasteiger partial charge in [-0.3, -0.25) is 0 Å². The standard InChI is InChI=1S/C24H18FN5O/c25-17-2-1-3-18(13-17)27-24-30-29-23(31-24)16-7-4-14-8-9-19(20(14)12-16)22-26-11-10-21(28-22)15-5-6-15/h1-4,7,9-13,15H,5-6,8H2,(H,27,30). The Morgan fingerprint density at radius 3 is 2.84 bits per heavy atom. The Morgan fingerprint density at radius 2 is 1.97 bits per heavy atom. The zero-order valence-electron chi connectivity index (χ0n) is 16.5. The van der Waals surface area contributed by atoms with Crippen LogP contribution in [-0.4, -0.2) is 20.2 Å². The third kappa shape index (κ3) is 3.48. The minimum absolute atomic E-state index is 0.206. The zero-order valence-corrected chi connectivity index (χ0v) is 16.5. The van der Waals surface area contributed by atoms with E-state index in [2.05, 4.69) is 32.6 Å². The van der Waals surface area contributed by atoms with Gasteiger partial charge in [-0.25, -0.2) is 14.4 Å². The van der Waals surface area contributed by atoms with Crippen molar-refractivity contribution >= 4 is 17.3 Å². The summed E-state index contributed by atoms with van der Waals surface area (Å²) in [4.78, 5) is 9.32. The van der Waals surface area contributed by atoms with Crippen LogP contribution >= 0.6 is 0 Å². The van der Waals surface area contributed by atoms with Crippen LogP contribution < -0.4 is 5.32 Å². The highest BCUT2D eigenvalue weighted by Gasteiger charge is 2.26. The van der Waals surface area contributed by atoms with Gasteiger partial charge in [0.2, 0.25) is 5.89 Å². The molecule has 0 bridgehead atoms. The molecule has 152 valence electrons. The lowest BCUT2D eigenvalue weighted by Crippen LogP contribution is -1.98. The van der Waals surface area contributed by atoms with Gasteiger partial charge in [0.15, 0.2) is 5.82 Å². The summed E-state index contributed by atoms with van der Waals surface area (Å²) in [7, 11) is 0. The van der Waals surface area contributed by atoms with Crippen molar-refractivity contribution in [3.8, 4) is 11.5 Å². The predicted octanol–water partition coefficient (Wildman–Crippen LogP) is 5.27. The molecule has 2 aromatic carbocycles. The lowest BCUT2D eigenvalue weighted by atomic mass is 10.0. The average Bonchev–Trinajstić information content (AvgIpc) is 3.39. The maximum absolute atomic E-state index is 13.4. The van der Waals surface area contributed by atoms with Crippen LogP contribution in [0.4, 0.5) is 16.1 Å². The van der Waals surface area contributed by atoms with Crippen molar-refractivity contribution < 1.29 is 8.81 Å². The highest BCUT2D eigenvalue weighted by molar-refractivity contribution is 5.83. The Labute approximate surface area is 177 Å². The first-order valence-electron chi connectivity index (χ1n) is 10.3. The van der Waals surface area contributed by atoms with Crippen molar-refractivity contribution in [3.05, 3.63) is 89.3 Å². The van der Waals surface area contributed by atoms with E-state index in [1.54, 1.807) is 12.1 Å². The number of nitrogens with one attached hydrogen (secondary N) is 1. The van der Waals surface area contributed by atoms with E-state index >= 15 is 0 Å². The second-order valence-corrected chi connectivity index (χ2v) is 7.82. The molecule has 2 aromatic heterocycles. The minimum Gasteiger partial charge on any atom is -0.403 e. The van der Waals surface area contributed by atoms with Gasteiger partial charge in [0.05, 0.1) is 0 Å². The molecular weight excluding hydrogens is 393 g/mol. The fourth-order valence-electron chi connectivity index (χ4n) is 3.86. The largest absolute Gasteiger partial charge is 0.403 e. The zero-order chi connectivity index (χ0) is 20.8. The number of fused-ring (bicyclic) bond motifs is 1. The summed E-state index contributed by atoms with van der Waals surface area (Å²) in [5, 5.41) is 11.1. The van der Waals surface area contributed by atoms with E-state index in [0.717, 1.165) is 34.6 Å². The quantitative estimate of drug-likeness (QED) is 0.482. The van der Waals surface area contributed by atoms with Gasteiger partial charge in [-0.15, -0.1) is 5.10 Å². The lowest BCUT2D eigenvalue weighted by Gasteiger charge is -2.07. The number of nitrogens with zero attached hydrogens (tertiary/aromatic N) is 4. The van der Waals surface area contributed by atoms with Gasteiger partial charge < -0.3 is 9.73 Å². The Hall–Kier alpha value is -3.87. The second-order valence-electron chi connectivity index (χ2n) is 7.82. The number of hydrogen-bond acceptors (Lipinski definition) is 6. The molecule has 0 atom stereocenters. The first kappa shape index (κ1) is 17.9. The van der Waals surface area contributed by atoms with Crippen molar-refractivity contribution in [2.45, 2.75) is 25.2 Å². The van der Waals surface area contributed by atoms with Crippen molar-refractivity contribution in [1.29, 1.82) is 0 Å². The summed E-state index contributed by atoms with van der Waals surface area (Å²) in [6.07, 6.45) is 7.28. The molecule has 0 saturated heterocycles. The monoisotopic (exact) mass is 411 g/mol. The normalized spacial score (nSPS) is 14.9. The molecule has 31 heavy (non-hydrogen) atoms. The molecule has 0 radical (unpaired) electrons. The maximum atomic E-state index is 13.4. The SMILES string of the molecule is Fc1cccc(Nc2nnc(-c3ccc4c(c3)C(c3nccc(C5CC5)n3)=CC4)o2)c1. The van der Waals surface area contributed by atoms with E-state index in [-0.39, 0.29) is 11.8 Å². The topological polar surface area (TPSA) is 76.7 Å². The molecule has 0 unspecified atom stereocenters. The molecule has 0 amide bonds. The molecule has 6 rings (SSSR count). The molecule has 2 aliphatic carbocycles. The van der Waals surface area contributed by atoms with E-state index in [1.807, 2.05) is 24.4 Å². The lowest BCUT2D eigenvalue weighted by molar-refractivity contribution is 0.587. The highest BCUT2D eigenvalue weighted by Crippen LogP contribution is 2.40. The fraction of sp³-hybridized carbons (Fsp3) is 0.167. The number of rotatable bonds is 5. The Kier molecular flexibility index (Phi) is 4.12. The summed E-state index contributed by atoms with van der Waals surface area (Å²) in [6, 6.07) is 14.4. The molecule has 2 heterocycles. The van der Waals surface area contributed by atoms with Crippen molar-refractivity contribution in [1.82, 2.24) is 20.2 Å². The Bertz CT molecular complexity index is 1330. The first-order valence-corrected chi connectivity index (χ1v) is 10.3. The highest BCUT2D eigenvalue weighted by atomic mass is 19.1. The van der Waals surface area contributed by atoms with Crippen LogP contribution in [0, 0.1) is 5.82 Å². The molecule has 1 fully saturated rings. The van der Waals surface area contributed by atoms with Crippen LogP contribution in [0.5, 0.6) is 0 Å². The van der Waals surface area contributed by atoms with Gasteiger partial charge >= 0.3 is 6.01 Å². The number of hydrogen-bond donors (Lipinski definition) is 1. The molecule has 2 aliphatic rings. The molecule has 0 spiro atoms. The number of allylic oxidation sites excluding steroid dienone is 1. The van der Waals surface area contributed by atoms with Crippen LogP contribution in [0.3, 0.4) is 0 Å². The van der Waals surface area contributed by atoms with E-state index < -0.39 is 0 Å². The molecule has 1 N–H and O–H groups in total. The molecule has 4 aromatic rings. The van der Waals surface area contributed by atoms with E-state index in [0.29, 0.717) is 17.5 Å². The van der Waals surface area contributed by atoms with E-state index in [1.165, 1.54) is 30.5 Å². The van der Waals surface area contributed by atoms with E-state index in [9.17, 15) is 4.39 Å². The van der Waals surface area contributed by atoms with Crippen molar-refractivity contribution in [2.24, 2.45) is 0 Å². The molecule has 0 aliphatic heterocycles. The summed E-state index contributed by atoms with van der Waals surface area (Å²) in [6.45, 7) is 0. The molecular formula is C24H18FN5O. The van der Waals surface area contributed by atoms with Crippen molar-refractivity contribution in [3.63, 3.8) is 0 Å². The number of halogens is 1. The van der Waals surface area contributed by atoms with Crippen LogP contribution in [0.25, 0.3) is 17.0 Å². The number of aromatic nitrogens is 4. The summed E-state index contributed by atoms with van der Waals surface area (Å²) >= 11 is 0. The van der Waals surface area contributed by atoms with Crippen LogP contribution in [0.15, 0.2) is 65.2 Å². The first-order chi connectivity index (χ1) is 15.2. The van der Waals surface area contributed by atoms with E-state index in [4.69, 9.17) is 9.40 Å². The summed E-state index contributed by atoms with van der Waals surface area (Å²) < 4.78 is 19.2. The van der Waals surface area contributed by atoms with Gasteiger partial charge in [0.25, 0.3) is 0 Å². The summed E-state index contributed by atoms with van der Waals surface area (Å²) in [5.74, 6) is 1.40. The third-order valence-electron chi connectivity index (χ3n) is 5.59.